The number of aromatic nitrogens is 4. The first kappa shape index (κ1) is 11.0. The fourth-order valence-electron chi connectivity index (χ4n) is 2.44. The molecule has 0 aliphatic rings. The Hall–Kier alpha value is -2.10. The smallest absolute Gasteiger partial charge is 0.156 e. The zero-order valence-electron chi connectivity index (χ0n) is 10.9. The van der Waals surface area contributed by atoms with Crippen molar-refractivity contribution in [3.63, 3.8) is 0 Å². The van der Waals surface area contributed by atoms with Crippen LogP contribution in [0.2, 0.25) is 0 Å². The van der Waals surface area contributed by atoms with Gasteiger partial charge in [0, 0.05) is 36.3 Å². The summed E-state index contributed by atoms with van der Waals surface area (Å²) < 4.78 is 3.98. The third kappa shape index (κ3) is 1.61. The molecule has 0 aliphatic carbocycles. The topological polar surface area (TPSA) is 35.6 Å². The van der Waals surface area contributed by atoms with E-state index in [4.69, 9.17) is 0 Å². The van der Waals surface area contributed by atoms with E-state index >= 15 is 0 Å². The van der Waals surface area contributed by atoms with Crippen LogP contribution in [0, 0.1) is 6.92 Å². The van der Waals surface area contributed by atoms with Crippen LogP contribution >= 0.6 is 0 Å². The molecule has 1 aromatic carbocycles. The first-order valence-corrected chi connectivity index (χ1v) is 6.04. The molecular formula is C14H16N4. The van der Waals surface area contributed by atoms with Gasteiger partial charge in [-0.3, -0.25) is 4.68 Å². The van der Waals surface area contributed by atoms with Gasteiger partial charge in [0.1, 0.15) is 6.33 Å². The maximum absolute atomic E-state index is 4.36. The lowest BCUT2D eigenvalue weighted by Crippen LogP contribution is -2.01. The molecule has 0 atom stereocenters. The minimum atomic E-state index is 0.770. The average Bonchev–Trinajstić information content (AvgIpc) is 2.88. The zero-order valence-corrected chi connectivity index (χ0v) is 10.9. The fourth-order valence-corrected chi connectivity index (χ4v) is 2.44. The largest absolute Gasteiger partial charge is 0.350 e. The Morgan fingerprint density at radius 3 is 2.50 bits per heavy atom. The number of hydrogen-bond acceptors (Lipinski definition) is 2. The van der Waals surface area contributed by atoms with Crippen molar-refractivity contribution in [2.75, 3.05) is 0 Å². The molecule has 3 aromatic rings. The van der Waals surface area contributed by atoms with E-state index in [1.165, 1.54) is 22.2 Å². The highest BCUT2D eigenvalue weighted by atomic mass is 15.3. The fraction of sp³-hybridized carbons (Fsp3) is 0.286. The van der Waals surface area contributed by atoms with Crippen LogP contribution in [0.15, 0.2) is 30.6 Å². The highest BCUT2D eigenvalue weighted by Crippen LogP contribution is 2.25. The minimum Gasteiger partial charge on any atom is -0.350 e. The zero-order chi connectivity index (χ0) is 12.7. The van der Waals surface area contributed by atoms with Gasteiger partial charge in [-0.1, -0.05) is 24.3 Å². The number of hydrogen-bond donors (Lipinski definition) is 0. The molecule has 92 valence electrons. The normalized spacial score (nSPS) is 11.3. The molecule has 0 unspecified atom stereocenters. The molecule has 0 saturated heterocycles. The van der Waals surface area contributed by atoms with Crippen LogP contribution in [0.25, 0.3) is 10.8 Å². The lowest BCUT2D eigenvalue weighted by molar-refractivity contribution is 0.739. The van der Waals surface area contributed by atoms with Crippen molar-refractivity contribution in [3.8, 4) is 0 Å². The summed E-state index contributed by atoms with van der Waals surface area (Å²) in [5, 5.41) is 6.96. The van der Waals surface area contributed by atoms with Crippen LogP contribution in [-0.4, -0.2) is 19.3 Å². The molecule has 0 fully saturated rings. The molecule has 0 saturated carbocycles. The number of benzene rings is 1. The van der Waals surface area contributed by atoms with Crippen molar-refractivity contribution in [1.29, 1.82) is 0 Å². The molecule has 0 spiro atoms. The van der Waals surface area contributed by atoms with Crippen LogP contribution in [0.3, 0.4) is 0 Å². The average molecular weight is 240 g/mol. The predicted octanol–water partition coefficient (Wildman–Crippen LogP) is 2.21. The summed E-state index contributed by atoms with van der Waals surface area (Å²) in [4.78, 5) is 4.31. The summed E-state index contributed by atoms with van der Waals surface area (Å²) in [5.74, 6) is 0.865. The van der Waals surface area contributed by atoms with Gasteiger partial charge in [-0.25, -0.2) is 4.98 Å². The van der Waals surface area contributed by atoms with E-state index < -0.39 is 0 Å². The first-order chi connectivity index (χ1) is 8.66. The molecule has 3 rings (SSSR count). The summed E-state index contributed by atoms with van der Waals surface area (Å²) in [6.07, 6.45) is 2.51. The summed E-state index contributed by atoms with van der Waals surface area (Å²) in [6.45, 7) is 2.15. The van der Waals surface area contributed by atoms with Crippen molar-refractivity contribution in [1.82, 2.24) is 19.3 Å². The Bertz CT molecular complexity index is 706. The summed E-state index contributed by atoms with van der Waals surface area (Å²) >= 11 is 0. The SMILES string of the molecule is Cc1c2ccccc2c(Cc2ncn(C)n2)n1C. The lowest BCUT2D eigenvalue weighted by atomic mass is 10.1. The standard InChI is InChI=1S/C14H16N4/c1-10-11-6-4-5-7-12(11)13(18(10)3)8-14-15-9-17(2)16-14/h4-7,9H,8H2,1-3H3. The maximum atomic E-state index is 4.36. The predicted molar refractivity (Wildman–Crippen MR) is 71.5 cm³/mol. The summed E-state index contributed by atoms with van der Waals surface area (Å²) in [5.41, 5.74) is 2.56. The Kier molecular flexibility index (Phi) is 2.44. The molecule has 0 aliphatic heterocycles. The van der Waals surface area contributed by atoms with Crippen LogP contribution < -0.4 is 0 Å². The van der Waals surface area contributed by atoms with E-state index in [1.54, 1.807) is 11.0 Å². The first-order valence-electron chi connectivity index (χ1n) is 6.04. The van der Waals surface area contributed by atoms with E-state index in [2.05, 4.69) is 52.9 Å². The van der Waals surface area contributed by atoms with E-state index in [0.717, 1.165) is 12.2 Å². The number of aryl methyl sites for hydroxylation is 2. The summed E-state index contributed by atoms with van der Waals surface area (Å²) in [7, 11) is 4.00. The molecule has 0 N–H and O–H groups in total. The van der Waals surface area contributed by atoms with E-state index in [0.29, 0.717) is 0 Å². The molecule has 0 amide bonds. The van der Waals surface area contributed by atoms with Crippen molar-refractivity contribution >= 4 is 10.8 Å². The van der Waals surface area contributed by atoms with Crippen molar-refractivity contribution in [2.24, 2.45) is 14.1 Å². The molecule has 4 nitrogen and oxygen atoms in total. The van der Waals surface area contributed by atoms with Gasteiger partial charge in [-0.2, -0.15) is 5.10 Å². The van der Waals surface area contributed by atoms with E-state index in [-0.39, 0.29) is 0 Å². The highest BCUT2D eigenvalue weighted by Gasteiger charge is 2.12. The monoisotopic (exact) mass is 240 g/mol. The quantitative estimate of drug-likeness (QED) is 0.688. The van der Waals surface area contributed by atoms with Crippen molar-refractivity contribution in [3.05, 3.63) is 47.8 Å². The Balaban J connectivity index is 2.14. The molecule has 18 heavy (non-hydrogen) atoms. The molecule has 0 bridgehead atoms. The summed E-state index contributed by atoms with van der Waals surface area (Å²) in [6, 6.07) is 8.50. The van der Waals surface area contributed by atoms with Crippen LogP contribution in [0.5, 0.6) is 0 Å². The van der Waals surface area contributed by atoms with Gasteiger partial charge in [0.15, 0.2) is 5.82 Å². The third-order valence-corrected chi connectivity index (χ3v) is 3.51. The lowest BCUT2D eigenvalue weighted by Gasteiger charge is -2.03. The number of rotatable bonds is 2. The van der Waals surface area contributed by atoms with Gasteiger partial charge in [0.05, 0.1) is 6.42 Å². The Morgan fingerprint density at radius 1 is 1.11 bits per heavy atom. The van der Waals surface area contributed by atoms with Crippen LogP contribution in [-0.2, 0) is 20.5 Å². The van der Waals surface area contributed by atoms with Gasteiger partial charge < -0.3 is 4.57 Å². The van der Waals surface area contributed by atoms with Crippen molar-refractivity contribution in [2.45, 2.75) is 13.3 Å². The third-order valence-electron chi connectivity index (χ3n) is 3.51. The Morgan fingerprint density at radius 2 is 1.83 bits per heavy atom. The maximum Gasteiger partial charge on any atom is 0.156 e. The minimum absolute atomic E-state index is 0.770. The molecule has 2 aromatic heterocycles. The second-order valence-electron chi connectivity index (χ2n) is 4.65. The van der Waals surface area contributed by atoms with Crippen LogP contribution in [0.1, 0.15) is 17.2 Å². The van der Waals surface area contributed by atoms with Gasteiger partial charge >= 0.3 is 0 Å². The van der Waals surface area contributed by atoms with Crippen molar-refractivity contribution < 1.29 is 0 Å². The molecule has 0 radical (unpaired) electrons. The molecular weight excluding hydrogens is 224 g/mol. The highest BCUT2D eigenvalue weighted by molar-refractivity contribution is 5.88. The van der Waals surface area contributed by atoms with Gasteiger partial charge in [-0.15, -0.1) is 0 Å². The number of fused-ring (bicyclic) bond motifs is 1. The number of nitrogens with zero attached hydrogens (tertiary/aromatic N) is 4. The van der Waals surface area contributed by atoms with Crippen LogP contribution in [0.4, 0.5) is 0 Å². The second kappa shape index (κ2) is 3.98. The Labute approximate surface area is 106 Å². The van der Waals surface area contributed by atoms with Gasteiger partial charge in [0.2, 0.25) is 0 Å². The van der Waals surface area contributed by atoms with E-state index in [1.807, 2.05) is 7.05 Å². The molecule has 2 heterocycles. The molecule has 4 heteroatoms. The second-order valence-corrected chi connectivity index (χ2v) is 4.65. The van der Waals surface area contributed by atoms with Gasteiger partial charge in [-0.05, 0) is 6.92 Å². The van der Waals surface area contributed by atoms with Gasteiger partial charge in [0.25, 0.3) is 0 Å². The van der Waals surface area contributed by atoms with E-state index in [9.17, 15) is 0 Å².